The summed E-state index contributed by atoms with van der Waals surface area (Å²) in [5, 5.41) is 7.03. The van der Waals surface area contributed by atoms with Crippen LogP contribution in [-0.4, -0.2) is 24.0 Å². The van der Waals surface area contributed by atoms with Crippen molar-refractivity contribution in [2.45, 2.75) is 95.7 Å². The van der Waals surface area contributed by atoms with Gasteiger partial charge in [-0.2, -0.15) is 0 Å². The van der Waals surface area contributed by atoms with Gasteiger partial charge in [0.25, 0.3) is 0 Å². The van der Waals surface area contributed by atoms with Crippen molar-refractivity contribution in [3.63, 3.8) is 0 Å². The average molecular weight is 292 g/mol. The number of carbonyl (C=O) groups excluding carboxylic acids is 1. The number of amides is 1. The molecule has 0 aromatic heterocycles. The number of carbonyl (C=O) groups is 1. The van der Waals surface area contributed by atoms with Crippen molar-refractivity contribution in [1.29, 1.82) is 0 Å². The molecule has 3 rings (SSSR count). The second kappa shape index (κ2) is 7.13. The second-order valence-corrected chi connectivity index (χ2v) is 7.66. The van der Waals surface area contributed by atoms with Gasteiger partial charge in [0.15, 0.2) is 0 Å². The fraction of sp³-hybridized carbons (Fsp3) is 0.944. The Morgan fingerprint density at radius 2 is 1.76 bits per heavy atom. The first-order chi connectivity index (χ1) is 10.2. The first-order valence-electron chi connectivity index (χ1n) is 9.31. The van der Waals surface area contributed by atoms with Gasteiger partial charge in [-0.3, -0.25) is 4.79 Å². The third-order valence-corrected chi connectivity index (χ3v) is 6.03. The predicted molar refractivity (Wildman–Crippen MR) is 86.1 cm³/mol. The van der Waals surface area contributed by atoms with Gasteiger partial charge in [-0.05, 0) is 44.4 Å². The van der Waals surface area contributed by atoms with Crippen LogP contribution < -0.4 is 10.6 Å². The molecule has 0 spiro atoms. The molecule has 1 amide bonds. The molecule has 0 aromatic carbocycles. The van der Waals surface area contributed by atoms with E-state index in [0.29, 0.717) is 24.0 Å². The maximum atomic E-state index is 12.6. The van der Waals surface area contributed by atoms with E-state index in [1.807, 2.05) is 0 Å². The van der Waals surface area contributed by atoms with Crippen molar-refractivity contribution >= 4 is 5.91 Å². The van der Waals surface area contributed by atoms with Crippen LogP contribution in [0, 0.1) is 11.8 Å². The van der Waals surface area contributed by atoms with Gasteiger partial charge in [0.1, 0.15) is 0 Å². The second-order valence-electron chi connectivity index (χ2n) is 7.66. The average Bonchev–Trinajstić information content (AvgIpc) is 2.84. The lowest BCUT2D eigenvalue weighted by molar-refractivity contribution is -0.126. The van der Waals surface area contributed by atoms with Crippen molar-refractivity contribution in [3.05, 3.63) is 0 Å². The molecule has 3 heteroatoms. The highest BCUT2D eigenvalue weighted by atomic mass is 16.1. The Balaban J connectivity index is 1.48. The molecule has 1 aliphatic carbocycles. The molecule has 2 N–H and O–H groups in total. The van der Waals surface area contributed by atoms with Crippen LogP contribution in [0.1, 0.15) is 77.6 Å². The van der Waals surface area contributed by atoms with E-state index in [9.17, 15) is 4.79 Å². The SMILES string of the molecule is CCC(CC1CCCCC1)C(=O)NC1CC2CCC(C1)N2. The minimum atomic E-state index is 0.251. The fourth-order valence-corrected chi connectivity index (χ4v) is 4.78. The van der Waals surface area contributed by atoms with Crippen LogP contribution in [0.25, 0.3) is 0 Å². The fourth-order valence-electron chi connectivity index (χ4n) is 4.78. The summed E-state index contributed by atoms with van der Waals surface area (Å²) in [6.45, 7) is 2.18. The zero-order chi connectivity index (χ0) is 14.7. The zero-order valence-corrected chi connectivity index (χ0v) is 13.6. The van der Waals surface area contributed by atoms with E-state index >= 15 is 0 Å². The smallest absolute Gasteiger partial charge is 0.223 e. The Kier molecular flexibility index (Phi) is 5.20. The van der Waals surface area contributed by atoms with Crippen molar-refractivity contribution < 1.29 is 4.79 Å². The highest BCUT2D eigenvalue weighted by Crippen LogP contribution is 2.31. The predicted octanol–water partition coefficient (Wildman–Crippen LogP) is 3.38. The van der Waals surface area contributed by atoms with Crippen LogP contribution in [0.5, 0.6) is 0 Å². The molecule has 3 nitrogen and oxygen atoms in total. The van der Waals surface area contributed by atoms with Gasteiger partial charge >= 0.3 is 0 Å². The summed E-state index contributed by atoms with van der Waals surface area (Å²) in [5.74, 6) is 1.40. The number of hydrogen-bond acceptors (Lipinski definition) is 2. The van der Waals surface area contributed by atoms with Gasteiger partial charge in [-0.15, -0.1) is 0 Å². The lowest BCUT2D eigenvalue weighted by atomic mass is 9.81. The quantitative estimate of drug-likeness (QED) is 0.815. The molecule has 2 aliphatic heterocycles. The molecule has 21 heavy (non-hydrogen) atoms. The zero-order valence-electron chi connectivity index (χ0n) is 13.6. The summed E-state index contributed by atoms with van der Waals surface area (Å²) in [6.07, 6.45) is 13.9. The standard InChI is InChI=1S/C18H32N2O/c1-2-14(10-13-6-4-3-5-7-13)18(21)20-17-11-15-8-9-16(12-17)19-15/h13-17,19H,2-12H2,1H3,(H,20,21). The highest BCUT2D eigenvalue weighted by Gasteiger charge is 2.35. The monoisotopic (exact) mass is 292 g/mol. The number of hydrogen-bond donors (Lipinski definition) is 2. The molecule has 1 saturated carbocycles. The van der Waals surface area contributed by atoms with Gasteiger partial charge in [0, 0.05) is 24.0 Å². The molecule has 2 bridgehead atoms. The summed E-state index contributed by atoms with van der Waals surface area (Å²) < 4.78 is 0. The summed E-state index contributed by atoms with van der Waals surface area (Å²) in [5.41, 5.74) is 0. The van der Waals surface area contributed by atoms with Crippen molar-refractivity contribution in [2.24, 2.45) is 11.8 Å². The van der Waals surface area contributed by atoms with Gasteiger partial charge in [0.2, 0.25) is 5.91 Å². The number of nitrogens with one attached hydrogen (secondary N) is 2. The summed E-state index contributed by atoms with van der Waals surface area (Å²) in [7, 11) is 0. The molecule has 0 radical (unpaired) electrons. The molecular formula is C18H32N2O. The minimum absolute atomic E-state index is 0.251. The third-order valence-electron chi connectivity index (χ3n) is 6.03. The van der Waals surface area contributed by atoms with Gasteiger partial charge in [0.05, 0.1) is 0 Å². The highest BCUT2D eigenvalue weighted by molar-refractivity contribution is 5.78. The Morgan fingerprint density at radius 3 is 2.38 bits per heavy atom. The van der Waals surface area contributed by atoms with E-state index in [-0.39, 0.29) is 5.92 Å². The Bertz CT molecular complexity index is 339. The Morgan fingerprint density at radius 1 is 1.10 bits per heavy atom. The van der Waals surface area contributed by atoms with Crippen LogP contribution in [-0.2, 0) is 4.79 Å². The van der Waals surface area contributed by atoms with E-state index in [4.69, 9.17) is 0 Å². The molecule has 2 saturated heterocycles. The molecule has 120 valence electrons. The number of fused-ring (bicyclic) bond motifs is 2. The lowest BCUT2D eigenvalue weighted by Gasteiger charge is -2.32. The molecule has 3 fully saturated rings. The first kappa shape index (κ1) is 15.3. The number of piperidine rings is 1. The van der Waals surface area contributed by atoms with Crippen LogP contribution in [0.15, 0.2) is 0 Å². The third kappa shape index (κ3) is 4.00. The Hall–Kier alpha value is -0.570. The van der Waals surface area contributed by atoms with Crippen molar-refractivity contribution in [3.8, 4) is 0 Å². The molecule has 3 aliphatic rings. The Labute approximate surface area is 129 Å². The molecular weight excluding hydrogens is 260 g/mol. The summed E-state index contributed by atoms with van der Waals surface area (Å²) in [4.78, 5) is 12.6. The van der Waals surface area contributed by atoms with Crippen LogP contribution in [0.4, 0.5) is 0 Å². The van der Waals surface area contributed by atoms with Gasteiger partial charge in [-0.1, -0.05) is 39.0 Å². The van der Waals surface area contributed by atoms with Crippen LogP contribution >= 0.6 is 0 Å². The summed E-state index contributed by atoms with van der Waals surface area (Å²) >= 11 is 0. The molecule has 2 heterocycles. The first-order valence-corrected chi connectivity index (χ1v) is 9.31. The lowest BCUT2D eigenvalue weighted by Crippen LogP contribution is -2.49. The number of rotatable bonds is 5. The summed E-state index contributed by atoms with van der Waals surface area (Å²) in [6, 6.07) is 1.75. The molecule has 0 aromatic rings. The minimum Gasteiger partial charge on any atom is -0.353 e. The van der Waals surface area contributed by atoms with Crippen LogP contribution in [0.3, 0.4) is 0 Å². The van der Waals surface area contributed by atoms with E-state index < -0.39 is 0 Å². The van der Waals surface area contributed by atoms with Crippen molar-refractivity contribution in [2.75, 3.05) is 0 Å². The van der Waals surface area contributed by atoms with Gasteiger partial charge < -0.3 is 10.6 Å². The largest absolute Gasteiger partial charge is 0.353 e. The van der Waals surface area contributed by atoms with Gasteiger partial charge in [-0.25, -0.2) is 0 Å². The molecule has 3 atom stereocenters. The normalized spacial score (nSPS) is 34.6. The van der Waals surface area contributed by atoms with Crippen molar-refractivity contribution in [1.82, 2.24) is 10.6 Å². The maximum Gasteiger partial charge on any atom is 0.223 e. The van der Waals surface area contributed by atoms with Crippen LogP contribution in [0.2, 0.25) is 0 Å². The van der Waals surface area contributed by atoms with E-state index in [0.717, 1.165) is 31.6 Å². The maximum absolute atomic E-state index is 12.6. The van der Waals surface area contributed by atoms with E-state index in [1.165, 1.54) is 44.9 Å². The van der Waals surface area contributed by atoms with E-state index in [1.54, 1.807) is 0 Å². The molecule has 3 unspecified atom stereocenters. The van der Waals surface area contributed by atoms with E-state index in [2.05, 4.69) is 17.6 Å². The topological polar surface area (TPSA) is 41.1 Å².